The number of rotatable bonds is 4. The van der Waals surface area contributed by atoms with E-state index in [2.05, 4.69) is 0 Å². The molecule has 1 aliphatic rings. The molecular weight excluding hydrogens is 260 g/mol. The molecule has 0 amide bonds. The molecular formula is C15H14O5. The number of aliphatic carboxylic acids is 1. The third-order valence-electron chi connectivity index (χ3n) is 3.91. The molecule has 0 saturated carbocycles. The third-order valence-corrected chi connectivity index (χ3v) is 3.91. The van der Waals surface area contributed by atoms with Gasteiger partial charge in [-0.2, -0.15) is 0 Å². The van der Waals surface area contributed by atoms with Crippen LogP contribution < -0.4 is 0 Å². The van der Waals surface area contributed by atoms with E-state index in [1.54, 1.807) is 6.07 Å². The first-order chi connectivity index (χ1) is 9.58. The zero-order valence-electron chi connectivity index (χ0n) is 10.8. The Balaban J connectivity index is 2.13. The van der Waals surface area contributed by atoms with E-state index in [0.29, 0.717) is 17.6 Å². The number of furan rings is 1. The summed E-state index contributed by atoms with van der Waals surface area (Å²) >= 11 is 0. The molecule has 0 fully saturated rings. The van der Waals surface area contributed by atoms with Crippen molar-refractivity contribution in [3.8, 4) is 0 Å². The van der Waals surface area contributed by atoms with Gasteiger partial charge in [0.15, 0.2) is 0 Å². The van der Waals surface area contributed by atoms with Gasteiger partial charge in [-0.15, -0.1) is 0 Å². The maximum Gasteiger partial charge on any atom is 0.372 e. The Kier molecular flexibility index (Phi) is 2.97. The van der Waals surface area contributed by atoms with Gasteiger partial charge in [0.25, 0.3) is 0 Å². The van der Waals surface area contributed by atoms with Crippen molar-refractivity contribution in [3.05, 3.63) is 35.1 Å². The van der Waals surface area contributed by atoms with Gasteiger partial charge >= 0.3 is 11.9 Å². The first kappa shape index (κ1) is 12.7. The maximum atomic E-state index is 11.4. The van der Waals surface area contributed by atoms with Crippen molar-refractivity contribution in [1.29, 1.82) is 0 Å². The largest absolute Gasteiger partial charge is 0.481 e. The lowest BCUT2D eigenvalue weighted by molar-refractivity contribution is -0.137. The number of aryl methyl sites for hydroxylation is 1. The molecule has 0 bridgehead atoms. The average Bonchev–Trinajstić information content (AvgIpc) is 2.80. The van der Waals surface area contributed by atoms with Gasteiger partial charge in [0.2, 0.25) is 5.76 Å². The summed E-state index contributed by atoms with van der Waals surface area (Å²) in [6.07, 6.45) is 2.07. The molecule has 1 aromatic heterocycles. The van der Waals surface area contributed by atoms with E-state index >= 15 is 0 Å². The number of carboxylic acids is 2. The van der Waals surface area contributed by atoms with Crippen LogP contribution in [0.25, 0.3) is 11.0 Å². The highest BCUT2D eigenvalue weighted by Gasteiger charge is 2.31. The zero-order valence-corrected chi connectivity index (χ0v) is 10.8. The molecule has 104 valence electrons. The minimum absolute atomic E-state index is 0.0393. The molecule has 3 rings (SSSR count). The fraction of sp³-hybridized carbons (Fsp3) is 0.333. The molecule has 0 aliphatic heterocycles. The van der Waals surface area contributed by atoms with Crippen LogP contribution in [0.2, 0.25) is 0 Å². The van der Waals surface area contributed by atoms with E-state index < -0.39 is 11.9 Å². The van der Waals surface area contributed by atoms with Gasteiger partial charge in [-0.1, -0.05) is 12.1 Å². The van der Waals surface area contributed by atoms with Crippen LogP contribution >= 0.6 is 0 Å². The Bertz CT molecular complexity index is 698. The minimum atomic E-state index is -1.09. The van der Waals surface area contributed by atoms with Crippen molar-refractivity contribution in [2.24, 2.45) is 0 Å². The van der Waals surface area contributed by atoms with Gasteiger partial charge in [0, 0.05) is 17.4 Å². The number of carbonyl (C=O) groups is 2. The molecule has 0 radical (unpaired) electrons. The van der Waals surface area contributed by atoms with E-state index in [-0.39, 0.29) is 18.1 Å². The Morgan fingerprint density at radius 3 is 2.80 bits per heavy atom. The molecule has 0 saturated heterocycles. The highest BCUT2D eigenvalue weighted by Crippen LogP contribution is 2.42. The Hall–Kier alpha value is -2.30. The van der Waals surface area contributed by atoms with Gasteiger partial charge < -0.3 is 14.6 Å². The van der Waals surface area contributed by atoms with Crippen LogP contribution in [-0.4, -0.2) is 22.2 Å². The second-order valence-electron chi connectivity index (χ2n) is 5.11. The molecule has 2 N–H and O–H groups in total. The standard InChI is InChI=1S/C15H14O5/c16-11(17)7-6-9-5-4-8-2-1-3-10-12(8)13(9)14(20-10)15(18)19/h1-3,9H,4-7H2,(H,16,17)(H,18,19). The monoisotopic (exact) mass is 274 g/mol. The molecule has 20 heavy (non-hydrogen) atoms. The molecule has 0 spiro atoms. The molecule has 5 nitrogen and oxygen atoms in total. The zero-order chi connectivity index (χ0) is 14.3. The summed E-state index contributed by atoms with van der Waals surface area (Å²) < 4.78 is 5.46. The fourth-order valence-corrected chi connectivity index (χ4v) is 3.06. The fourth-order valence-electron chi connectivity index (χ4n) is 3.06. The van der Waals surface area contributed by atoms with Crippen molar-refractivity contribution in [2.75, 3.05) is 0 Å². The van der Waals surface area contributed by atoms with Crippen molar-refractivity contribution in [1.82, 2.24) is 0 Å². The predicted octanol–water partition coefficient (Wildman–Crippen LogP) is 3.03. The molecule has 1 unspecified atom stereocenters. The lowest BCUT2D eigenvalue weighted by Gasteiger charge is -2.21. The SMILES string of the molecule is O=C(O)CCC1CCc2cccc3oc(C(=O)O)c1c23. The van der Waals surface area contributed by atoms with Crippen molar-refractivity contribution in [2.45, 2.75) is 31.6 Å². The smallest absolute Gasteiger partial charge is 0.372 e. The molecule has 1 aliphatic carbocycles. The van der Waals surface area contributed by atoms with Gasteiger partial charge in [-0.05, 0) is 36.8 Å². The molecule has 1 heterocycles. The van der Waals surface area contributed by atoms with Gasteiger partial charge in [-0.3, -0.25) is 4.79 Å². The highest BCUT2D eigenvalue weighted by atomic mass is 16.4. The number of aromatic carboxylic acids is 1. The summed E-state index contributed by atoms with van der Waals surface area (Å²) in [5.74, 6) is -2.05. The van der Waals surface area contributed by atoms with E-state index in [1.165, 1.54) is 0 Å². The highest BCUT2D eigenvalue weighted by molar-refractivity contribution is 5.97. The van der Waals surface area contributed by atoms with Gasteiger partial charge in [-0.25, -0.2) is 4.79 Å². The molecule has 1 atom stereocenters. The molecule has 1 aromatic carbocycles. The van der Waals surface area contributed by atoms with Crippen LogP contribution in [0.5, 0.6) is 0 Å². The lowest BCUT2D eigenvalue weighted by Crippen LogP contribution is -2.12. The van der Waals surface area contributed by atoms with Crippen LogP contribution in [0.3, 0.4) is 0 Å². The van der Waals surface area contributed by atoms with Crippen LogP contribution in [-0.2, 0) is 11.2 Å². The van der Waals surface area contributed by atoms with E-state index in [1.807, 2.05) is 12.1 Å². The third kappa shape index (κ3) is 1.95. The summed E-state index contributed by atoms with van der Waals surface area (Å²) in [5.41, 5.74) is 2.34. The van der Waals surface area contributed by atoms with Gasteiger partial charge in [0.05, 0.1) is 0 Å². The average molecular weight is 274 g/mol. The number of hydrogen-bond acceptors (Lipinski definition) is 3. The summed E-state index contributed by atoms with van der Waals surface area (Å²) in [5, 5.41) is 19.0. The second kappa shape index (κ2) is 4.67. The first-order valence-corrected chi connectivity index (χ1v) is 6.57. The van der Waals surface area contributed by atoms with Crippen LogP contribution in [0.4, 0.5) is 0 Å². The van der Waals surface area contributed by atoms with E-state index in [9.17, 15) is 14.7 Å². The van der Waals surface area contributed by atoms with Gasteiger partial charge in [0.1, 0.15) is 5.58 Å². The summed E-state index contributed by atoms with van der Waals surface area (Å²) in [6, 6.07) is 5.59. The minimum Gasteiger partial charge on any atom is -0.481 e. The van der Waals surface area contributed by atoms with Crippen LogP contribution in [0.15, 0.2) is 22.6 Å². The summed E-state index contributed by atoms with van der Waals surface area (Å²) in [7, 11) is 0. The normalized spacial score (nSPS) is 17.3. The quantitative estimate of drug-likeness (QED) is 0.894. The summed E-state index contributed by atoms with van der Waals surface area (Å²) in [4.78, 5) is 22.1. The Labute approximate surface area is 114 Å². The predicted molar refractivity (Wildman–Crippen MR) is 71.1 cm³/mol. The van der Waals surface area contributed by atoms with Crippen LogP contribution in [0.1, 0.15) is 46.9 Å². The van der Waals surface area contributed by atoms with E-state index in [0.717, 1.165) is 23.8 Å². The van der Waals surface area contributed by atoms with Crippen molar-refractivity contribution in [3.63, 3.8) is 0 Å². The Morgan fingerprint density at radius 2 is 2.10 bits per heavy atom. The molecule has 5 heteroatoms. The van der Waals surface area contributed by atoms with E-state index in [4.69, 9.17) is 9.52 Å². The second-order valence-corrected chi connectivity index (χ2v) is 5.11. The number of carboxylic acid groups (broad SMARTS) is 2. The number of hydrogen-bond donors (Lipinski definition) is 2. The van der Waals surface area contributed by atoms with Crippen molar-refractivity contribution >= 4 is 22.9 Å². The topological polar surface area (TPSA) is 87.7 Å². The van der Waals surface area contributed by atoms with Crippen molar-refractivity contribution < 1.29 is 24.2 Å². The Morgan fingerprint density at radius 1 is 1.30 bits per heavy atom. The first-order valence-electron chi connectivity index (χ1n) is 6.57. The molecule has 2 aromatic rings. The maximum absolute atomic E-state index is 11.4. The number of benzene rings is 1. The lowest BCUT2D eigenvalue weighted by atomic mass is 9.80. The summed E-state index contributed by atoms with van der Waals surface area (Å²) in [6.45, 7) is 0. The van der Waals surface area contributed by atoms with Crippen LogP contribution in [0, 0.1) is 0 Å².